The Kier molecular flexibility index (Phi) is 21.8. The van der Waals surface area contributed by atoms with Gasteiger partial charge in [0, 0.05) is 25.2 Å². The number of carbonyl (C=O) groups is 2. The van der Waals surface area contributed by atoms with E-state index in [1.807, 2.05) is 0 Å². The summed E-state index contributed by atoms with van der Waals surface area (Å²) in [6, 6.07) is 3.14. The van der Waals surface area contributed by atoms with Crippen molar-refractivity contribution in [2.24, 2.45) is 5.92 Å². The number of esters is 1. The summed E-state index contributed by atoms with van der Waals surface area (Å²) in [7, 11) is 4.22. The highest BCUT2D eigenvalue weighted by Crippen LogP contribution is 2.36. The molecule has 372 valence electrons. The van der Waals surface area contributed by atoms with Crippen LogP contribution in [0.4, 0.5) is 0 Å². The molecule has 20 nitrogen and oxygen atoms in total. The smallest absolute Gasteiger partial charge is 0.305 e. The van der Waals surface area contributed by atoms with Crippen molar-refractivity contribution in [2.45, 2.75) is 182 Å². The second-order valence-corrected chi connectivity index (χ2v) is 17.3. The van der Waals surface area contributed by atoms with E-state index in [4.69, 9.17) is 47.4 Å². The molecule has 3 heterocycles. The van der Waals surface area contributed by atoms with Gasteiger partial charge in [-0.25, -0.2) is 0 Å². The summed E-state index contributed by atoms with van der Waals surface area (Å²) in [4.78, 5) is 25.7. The summed E-state index contributed by atoms with van der Waals surface area (Å²) in [5.74, 6) is 0.130. The number of hydrogen-bond donors (Lipinski definition) is 8. The van der Waals surface area contributed by atoms with Crippen molar-refractivity contribution in [2.75, 3.05) is 47.8 Å². The van der Waals surface area contributed by atoms with Gasteiger partial charge in [0.05, 0.1) is 40.6 Å². The minimum absolute atomic E-state index is 0.120. The first-order chi connectivity index (χ1) is 31.3. The second kappa shape index (κ2) is 26.7. The van der Waals surface area contributed by atoms with Gasteiger partial charge in [0.15, 0.2) is 30.4 Å². The zero-order valence-corrected chi connectivity index (χ0v) is 38.0. The van der Waals surface area contributed by atoms with Crippen LogP contribution in [0.1, 0.15) is 101 Å². The molecule has 15 atom stereocenters. The highest BCUT2D eigenvalue weighted by molar-refractivity contribution is 5.95. The Morgan fingerprint density at radius 2 is 1.31 bits per heavy atom. The summed E-state index contributed by atoms with van der Waals surface area (Å²) in [6.45, 7) is 0.403. The zero-order chi connectivity index (χ0) is 47.0. The molecule has 65 heavy (non-hydrogen) atoms. The van der Waals surface area contributed by atoms with E-state index in [9.17, 15) is 45.3 Å². The molecule has 1 aromatic rings. The molecule has 4 aliphatic rings. The van der Waals surface area contributed by atoms with Crippen LogP contribution in [0.2, 0.25) is 0 Å². The normalized spacial score (nSPS) is 34.5. The Hall–Kier alpha value is -2.80. The van der Waals surface area contributed by atoms with Gasteiger partial charge in [-0.2, -0.15) is 0 Å². The number of benzene rings is 1. The van der Waals surface area contributed by atoms with Crippen LogP contribution in [0.25, 0.3) is 0 Å². The molecule has 1 amide bonds. The van der Waals surface area contributed by atoms with Crippen molar-refractivity contribution in [3.05, 3.63) is 23.8 Å². The van der Waals surface area contributed by atoms with Crippen molar-refractivity contribution in [1.82, 2.24) is 5.32 Å². The molecule has 5 rings (SSSR count). The van der Waals surface area contributed by atoms with E-state index >= 15 is 0 Å². The molecule has 0 bridgehead atoms. The number of aliphatic hydroxyl groups is 7. The average molecular weight is 932 g/mol. The van der Waals surface area contributed by atoms with E-state index in [2.05, 4.69) is 5.32 Å². The van der Waals surface area contributed by atoms with Crippen LogP contribution in [-0.2, 0) is 42.7 Å². The fraction of sp³-hybridized carbons (Fsp3) is 0.822. The lowest BCUT2D eigenvalue weighted by molar-refractivity contribution is -0.374. The summed E-state index contributed by atoms with van der Waals surface area (Å²) in [5, 5.41) is 79.5. The maximum atomic E-state index is 14.2. The number of aliphatic hydroxyl groups excluding tert-OH is 7. The van der Waals surface area contributed by atoms with Crippen LogP contribution < -0.4 is 14.8 Å². The van der Waals surface area contributed by atoms with Gasteiger partial charge in [0.1, 0.15) is 67.1 Å². The first-order valence-corrected chi connectivity index (χ1v) is 23.1. The number of carbonyl (C=O) groups excluding carboxylic acids is 2. The van der Waals surface area contributed by atoms with Gasteiger partial charge in [0.2, 0.25) is 0 Å². The van der Waals surface area contributed by atoms with Crippen LogP contribution in [0, 0.1) is 5.92 Å². The molecule has 15 unspecified atom stereocenters. The predicted molar refractivity (Wildman–Crippen MR) is 228 cm³/mol. The van der Waals surface area contributed by atoms with Crippen LogP contribution in [-0.4, -0.2) is 187 Å². The van der Waals surface area contributed by atoms with Crippen LogP contribution in [0.15, 0.2) is 18.2 Å². The van der Waals surface area contributed by atoms with E-state index in [-0.39, 0.29) is 30.5 Å². The largest absolute Gasteiger partial charge is 0.493 e. The average Bonchev–Trinajstić information content (AvgIpc) is 3.32. The first-order valence-electron chi connectivity index (χ1n) is 23.1. The predicted octanol–water partition coefficient (Wildman–Crippen LogP) is 0.832. The number of hydrogen-bond acceptors (Lipinski definition) is 19. The lowest BCUT2D eigenvalue weighted by atomic mass is 9.87. The van der Waals surface area contributed by atoms with E-state index in [1.54, 1.807) is 0 Å². The fourth-order valence-corrected chi connectivity index (χ4v) is 8.91. The number of methoxy groups -OCH3 is 3. The molecule has 20 heteroatoms. The monoisotopic (exact) mass is 931 g/mol. The van der Waals surface area contributed by atoms with Crippen molar-refractivity contribution in [3.63, 3.8) is 0 Å². The first kappa shape index (κ1) is 53.2. The van der Waals surface area contributed by atoms with E-state index in [0.717, 1.165) is 51.4 Å². The van der Waals surface area contributed by atoms with Crippen molar-refractivity contribution < 1.29 is 92.7 Å². The number of nitrogens with one attached hydrogen (secondary N) is 1. The fourth-order valence-electron chi connectivity index (χ4n) is 8.91. The molecule has 8 N–H and O–H groups in total. The summed E-state index contributed by atoms with van der Waals surface area (Å²) >= 11 is 0. The van der Waals surface area contributed by atoms with Crippen LogP contribution in [0.5, 0.6) is 11.5 Å². The maximum absolute atomic E-state index is 14.2. The Bertz CT molecular complexity index is 1570. The second-order valence-electron chi connectivity index (χ2n) is 17.3. The Morgan fingerprint density at radius 1 is 0.662 bits per heavy atom. The summed E-state index contributed by atoms with van der Waals surface area (Å²) in [5.41, 5.74) is 0.120. The minimum Gasteiger partial charge on any atom is -0.493 e. The molecule has 4 fully saturated rings. The van der Waals surface area contributed by atoms with Gasteiger partial charge < -0.3 is 88.4 Å². The molecular weight excluding hydrogens is 858 g/mol. The molecule has 3 saturated heterocycles. The van der Waals surface area contributed by atoms with Crippen molar-refractivity contribution >= 4 is 11.9 Å². The number of amides is 1. The van der Waals surface area contributed by atoms with Crippen LogP contribution >= 0.6 is 0 Å². The molecule has 0 aromatic heterocycles. The molecule has 0 spiro atoms. The van der Waals surface area contributed by atoms with E-state index in [1.165, 1.54) is 52.9 Å². The Labute approximate surface area is 380 Å². The third-order valence-electron chi connectivity index (χ3n) is 12.8. The molecule has 3 aliphatic heterocycles. The quantitative estimate of drug-likeness (QED) is 0.0527. The molecule has 0 radical (unpaired) electrons. The number of unbranched alkanes of at least 4 members (excludes halogenated alkanes) is 5. The minimum atomic E-state index is -1.82. The Morgan fingerprint density at radius 3 is 1.98 bits per heavy atom. The molecular formula is C45H73NO19. The third-order valence-corrected chi connectivity index (χ3v) is 12.8. The zero-order valence-electron chi connectivity index (χ0n) is 38.0. The molecule has 1 aliphatic carbocycles. The van der Waals surface area contributed by atoms with E-state index < -0.39 is 111 Å². The molecule has 1 aromatic carbocycles. The summed E-state index contributed by atoms with van der Waals surface area (Å²) in [6.07, 6.45) is -9.50. The van der Waals surface area contributed by atoms with Gasteiger partial charge in [0.25, 0.3) is 5.91 Å². The lowest BCUT2D eigenvalue weighted by Gasteiger charge is -2.50. The van der Waals surface area contributed by atoms with Gasteiger partial charge in [-0.05, 0) is 50.3 Å². The van der Waals surface area contributed by atoms with Crippen LogP contribution in [0.3, 0.4) is 0 Å². The highest BCUT2D eigenvalue weighted by atomic mass is 16.8. The lowest BCUT2D eigenvalue weighted by Crippen LogP contribution is -2.70. The van der Waals surface area contributed by atoms with Crippen molar-refractivity contribution in [1.29, 1.82) is 0 Å². The maximum Gasteiger partial charge on any atom is 0.305 e. The Balaban J connectivity index is 1.43. The topological polar surface area (TPSA) is 280 Å². The van der Waals surface area contributed by atoms with Gasteiger partial charge in [-0.3, -0.25) is 9.59 Å². The molecule has 1 saturated carbocycles. The number of rotatable bonds is 24. The summed E-state index contributed by atoms with van der Waals surface area (Å²) < 4.78 is 58.9. The SMILES string of the molecule is COC(=O)CCCCCCCCOC1OC(CO)C(OC2OC(CO)C(O)C(OCCC3CCCCC3)C2O)C(OC2OC(C)C(O)C(O)C2O)C1NC(=O)c1ccc(OC)c(OC)c1. The highest BCUT2D eigenvalue weighted by Gasteiger charge is 2.55. The van der Waals surface area contributed by atoms with Gasteiger partial charge in [-0.1, -0.05) is 57.8 Å². The number of ether oxygens (including phenoxy) is 10. The van der Waals surface area contributed by atoms with E-state index in [0.29, 0.717) is 37.4 Å². The third kappa shape index (κ3) is 14.4. The van der Waals surface area contributed by atoms with Gasteiger partial charge in [-0.15, -0.1) is 0 Å². The van der Waals surface area contributed by atoms with Crippen molar-refractivity contribution in [3.8, 4) is 11.5 Å². The van der Waals surface area contributed by atoms with Gasteiger partial charge >= 0.3 is 5.97 Å². The standard InChI is InChI=1S/C45H73NO19/c1-25-34(50)36(52)37(53)44(61-25)65-40-33(46-42(55)27-17-18-28(56-2)29(22-27)57-3)43(60-20-13-8-6-5-7-12-16-32(49)58-4)63-31(24-48)39(40)64-45-38(54)41(35(51)30(23-47)62-45)59-21-19-26-14-10-9-11-15-26/h17-18,22,25-26,30-31,33-41,43-45,47-48,50-54H,5-16,19-21,23-24H2,1-4H3,(H,46,55).